The predicted octanol–water partition coefficient (Wildman–Crippen LogP) is 0.708. The predicted molar refractivity (Wildman–Crippen MR) is 92.7 cm³/mol. The molecule has 0 aromatic carbocycles. The average molecular weight is 360 g/mol. The lowest BCUT2D eigenvalue weighted by Gasteiger charge is -2.41. The molecule has 1 aromatic heterocycles. The van der Waals surface area contributed by atoms with Crippen molar-refractivity contribution in [2.45, 2.75) is 37.8 Å². The summed E-state index contributed by atoms with van der Waals surface area (Å²) in [6, 6.07) is 0.135. The fourth-order valence-corrected chi connectivity index (χ4v) is 3.47. The maximum Gasteiger partial charge on any atom is 0.330 e. The molecule has 0 unspecified atom stereocenters. The van der Waals surface area contributed by atoms with E-state index in [1.165, 1.54) is 7.11 Å². The Morgan fingerprint density at radius 1 is 1.35 bits per heavy atom. The standard InChI is InChI=1S/C18H24N4O4/c1-21-10-9-19-18(21)17-12(3-7-15(24)22(17)13-4-5-13)11-20-14(23)6-8-16(25)26-2/h6,8-10,12-13,17H,3-5,7,11H2,1-2H3,(H,20,23)/b8-6+/t12-,17+/m0/s1. The molecule has 0 radical (unpaired) electrons. The van der Waals surface area contributed by atoms with Gasteiger partial charge in [0.1, 0.15) is 5.82 Å². The van der Waals surface area contributed by atoms with Gasteiger partial charge in [0.25, 0.3) is 0 Å². The number of hydrogen-bond acceptors (Lipinski definition) is 5. The molecule has 2 fully saturated rings. The van der Waals surface area contributed by atoms with Crippen molar-refractivity contribution in [3.63, 3.8) is 0 Å². The van der Waals surface area contributed by atoms with Crippen LogP contribution in [-0.4, -0.2) is 51.9 Å². The summed E-state index contributed by atoms with van der Waals surface area (Å²) in [5.41, 5.74) is 0. The van der Waals surface area contributed by atoms with Gasteiger partial charge in [0.2, 0.25) is 11.8 Å². The van der Waals surface area contributed by atoms with Crippen LogP contribution in [0, 0.1) is 5.92 Å². The topological polar surface area (TPSA) is 93.5 Å². The highest BCUT2D eigenvalue weighted by Gasteiger charge is 2.45. The van der Waals surface area contributed by atoms with Crippen LogP contribution in [0.4, 0.5) is 0 Å². The maximum atomic E-state index is 12.5. The summed E-state index contributed by atoms with van der Waals surface area (Å²) in [7, 11) is 3.18. The number of aryl methyl sites for hydroxylation is 1. The molecule has 1 aliphatic carbocycles. The van der Waals surface area contributed by atoms with Crippen LogP contribution >= 0.6 is 0 Å². The van der Waals surface area contributed by atoms with Gasteiger partial charge in [-0.3, -0.25) is 9.59 Å². The molecule has 2 heterocycles. The van der Waals surface area contributed by atoms with Crippen molar-refractivity contribution >= 4 is 17.8 Å². The summed E-state index contributed by atoms with van der Waals surface area (Å²) >= 11 is 0. The van der Waals surface area contributed by atoms with E-state index in [2.05, 4.69) is 15.0 Å². The molecule has 2 aliphatic rings. The number of esters is 1. The molecule has 8 heteroatoms. The zero-order valence-corrected chi connectivity index (χ0v) is 15.1. The van der Waals surface area contributed by atoms with Crippen molar-refractivity contribution in [3.05, 3.63) is 30.4 Å². The Morgan fingerprint density at radius 3 is 2.73 bits per heavy atom. The minimum Gasteiger partial charge on any atom is -0.466 e. The van der Waals surface area contributed by atoms with E-state index in [0.29, 0.717) is 19.4 Å². The summed E-state index contributed by atoms with van der Waals surface area (Å²) in [6.45, 7) is 0.415. The van der Waals surface area contributed by atoms with Crippen molar-refractivity contribution in [1.29, 1.82) is 0 Å². The molecule has 26 heavy (non-hydrogen) atoms. The molecule has 140 valence electrons. The third-order valence-corrected chi connectivity index (χ3v) is 4.94. The number of nitrogens with zero attached hydrogens (tertiary/aromatic N) is 3. The SMILES string of the molecule is COC(=O)/C=C/C(=O)NC[C@@H]1CCC(=O)N(C2CC2)[C@H]1c1nccn1C. The molecule has 0 bridgehead atoms. The Bertz CT molecular complexity index is 723. The number of imidazole rings is 1. The molecular weight excluding hydrogens is 336 g/mol. The van der Waals surface area contributed by atoms with E-state index in [0.717, 1.165) is 30.8 Å². The number of hydrogen-bond donors (Lipinski definition) is 1. The van der Waals surface area contributed by atoms with E-state index in [4.69, 9.17) is 0 Å². The fourth-order valence-electron chi connectivity index (χ4n) is 3.47. The van der Waals surface area contributed by atoms with Gasteiger partial charge in [0, 0.05) is 56.5 Å². The second kappa shape index (κ2) is 7.72. The monoisotopic (exact) mass is 360 g/mol. The van der Waals surface area contributed by atoms with Crippen LogP contribution in [0.1, 0.15) is 37.5 Å². The summed E-state index contributed by atoms with van der Waals surface area (Å²) in [4.78, 5) is 42.0. The van der Waals surface area contributed by atoms with E-state index in [1.54, 1.807) is 6.20 Å². The van der Waals surface area contributed by atoms with Gasteiger partial charge >= 0.3 is 5.97 Å². The molecule has 1 saturated carbocycles. The minimum atomic E-state index is -0.575. The molecule has 1 N–H and O–H groups in total. The first-order valence-electron chi connectivity index (χ1n) is 8.83. The molecule has 2 amide bonds. The number of nitrogens with one attached hydrogen (secondary N) is 1. The summed E-state index contributed by atoms with van der Waals surface area (Å²) in [5, 5.41) is 2.83. The number of likely N-dealkylation sites (tertiary alicyclic amines) is 1. The number of carbonyl (C=O) groups is 3. The normalized spacial score (nSPS) is 23.3. The molecule has 1 aromatic rings. The first-order valence-corrected chi connectivity index (χ1v) is 8.83. The van der Waals surface area contributed by atoms with Crippen molar-refractivity contribution in [2.75, 3.05) is 13.7 Å². The highest BCUT2D eigenvalue weighted by atomic mass is 16.5. The van der Waals surface area contributed by atoms with Gasteiger partial charge in [-0.15, -0.1) is 0 Å². The lowest BCUT2D eigenvalue weighted by atomic mass is 9.87. The Kier molecular flexibility index (Phi) is 5.39. The van der Waals surface area contributed by atoms with Gasteiger partial charge < -0.3 is 19.5 Å². The molecular formula is C18H24N4O4. The Hall–Kier alpha value is -2.64. The number of rotatable bonds is 6. The smallest absolute Gasteiger partial charge is 0.330 e. The molecule has 2 atom stereocenters. The van der Waals surface area contributed by atoms with Crippen molar-refractivity contribution in [3.8, 4) is 0 Å². The third-order valence-electron chi connectivity index (χ3n) is 4.94. The second-order valence-corrected chi connectivity index (χ2v) is 6.77. The van der Waals surface area contributed by atoms with Crippen molar-refractivity contribution < 1.29 is 19.1 Å². The Morgan fingerprint density at radius 2 is 2.12 bits per heavy atom. The maximum absolute atomic E-state index is 12.5. The van der Waals surface area contributed by atoms with Gasteiger partial charge in [-0.25, -0.2) is 9.78 Å². The van der Waals surface area contributed by atoms with Gasteiger partial charge in [0.15, 0.2) is 0 Å². The van der Waals surface area contributed by atoms with E-state index in [-0.39, 0.29) is 29.8 Å². The number of carbonyl (C=O) groups excluding carboxylic acids is 3. The van der Waals surface area contributed by atoms with E-state index < -0.39 is 5.97 Å². The van der Waals surface area contributed by atoms with Gasteiger partial charge in [0.05, 0.1) is 13.2 Å². The van der Waals surface area contributed by atoms with Gasteiger partial charge in [-0.1, -0.05) is 0 Å². The van der Waals surface area contributed by atoms with Crippen LogP contribution in [-0.2, 0) is 26.2 Å². The fraction of sp³-hybridized carbons (Fsp3) is 0.556. The van der Waals surface area contributed by atoms with Crippen LogP contribution in [0.3, 0.4) is 0 Å². The quantitative estimate of drug-likeness (QED) is 0.596. The van der Waals surface area contributed by atoms with Crippen LogP contribution in [0.5, 0.6) is 0 Å². The van der Waals surface area contributed by atoms with E-state index in [1.807, 2.05) is 22.7 Å². The highest BCUT2D eigenvalue weighted by Crippen LogP contribution is 2.42. The molecule has 1 saturated heterocycles. The number of methoxy groups -OCH3 is 1. The van der Waals surface area contributed by atoms with Gasteiger partial charge in [-0.2, -0.15) is 0 Å². The van der Waals surface area contributed by atoms with Gasteiger partial charge in [-0.05, 0) is 19.3 Å². The van der Waals surface area contributed by atoms with Crippen molar-refractivity contribution in [1.82, 2.24) is 19.8 Å². The molecule has 3 rings (SSSR count). The highest BCUT2D eigenvalue weighted by molar-refractivity contribution is 5.94. The third kappa shape index (κ3) is 3.95. The lowest BCUT2D eigenvalue weighted by molar-refractivity contribution is -0.140. The largest absolute Gasteiger partial charge is 0.466 e. The van der Waals surface area contributed by atoms with Crippen molar-refractivity contribution in [2.24, 2.45) is 13.0 Å². The lowest BCUT2D eigenvalue weighted by Crippen LogP contribution is -2.48. The molecule has 0 spiro atoms. The number of amides is 2. The van der Waals surface area contributed by atoms with E-state index in [9.17, 15) is 14.4 Å². The number of piperidine rings is 1. The average Bonchev–Trinajstić information content (AvgIpc) is 3.38. The number of ether oxygens (including phenoxy) is 1. The Balaban J connectivity index is 1.73. The molecule has 8 nitrogen and oxygen atoms in total. The van der Waals surface area contributed by atoms with Crippen LogP contribution in [0.15, 0.2) is 24.5 Å². The zero-order valence-electron chi connectivity index (χ0n) is 15.1. The minimum absolute atomic E-state index is 0.0740. The summed E-state index contributed by atoms with van der Waals surface area (Å²) < 4.78 is 6.41. The van der Waals surface area contributed by atoms with Crippen LogP contribution in [0.2, 0.25) is 0 Å². The Labute approximate surface area is 152 Å². The van der Waals surface area contributed by atoms with E-state index >= 15 is 0 Å². The first-order chi connectivity index (χ1) is 12.5. The van der Waals surface area contributed by atoms with Crippen LogP contribution in [0.25, 0.3) is 0 Å². The van der Waals surface area contributed by atoms with Crippen LogP contribution < -0.4 is 5.32 Å². The first kappa shape index (κ1) is 18.2. The molecule has 1 aliphatic heterocycles. The number of aromatic nitrogens is 2. The summed E-state index contributed by atoms with van der Waals surface area (Å²) in [6.07, 6.45) is 9.07. The summed E-state index contributed by atoms with van der Waals surface area (Å²) in [5.74, 6) is 0.144. The zero-order chi connectivity index (χ0) is 18.7. The second-order valence-electron chi connectivity index (χ2n) is 6.77.